The van der Waals surface area contributed by atoms with E-state index in [1.165, 1.54) is 19.1 Å². The van der Waals surface area contributed by atoms with Crippen molar-refractivity contribution in [3.05, 3.63) is 62.6 Å². The zero-order chi connectivity index (χ0) is 28.3. The number of carbonyl (C=O) groups excluding carboxylic acids is 2. The molecule has 0 unspecified atom stereocenters. The molecule has 37 heavy (non-hydrogen) atoms. The molecule has 0 aliphatic carbocycles. The summed E-state index contributed by atoms with van der Waals surface area (Å²) in [5, 5.41) is 2.51. The predicted octanol–water partition coefficient (Wildman–Crippen LogP) is 5.37. The molecule has 0 saturated heterocycles. The van der Waals surface area contributed by atoms with E-state index in [1.807, 2.05) is 0 Å². The molecule has 204 valence electrons. The van der Waals surface area contributed by atoms with Gasteiger partial charge in [0.15, 0.2) is 0 Å². The maximum absolute atomic E-state index is 13.4. The van der Waals surface area contributed by atoms with E-state index in [9.17, 15) is 31.2 Å². The molecule has 1 atom stereocenters. The number of nitrogens with one attached hydrogen (secondary N) is 1. The van der Waals surface area contributed by atoms with E-state index in [0.717, 1.165) is 23.3 Å². The molecule has 2 aromatic carbocycles. The lowest BCUT2D eigenvalue weighted by Crippen LogP contribution is -2.52. The number of hydrogen-bond donors (Lipinski definition) is 1. The maximum atomic E-state index is 13.4. The zero-order valence-electron chi connectivity index (χ0n) is 20.2. The molecule has 0 bridgehead atoms. The fourth-order valence-corrected chi connectivity index (χ4v) is 4.71. The van der Waals surface area contributed by atoms with Gasteiger partial charge in [0.05, 0.1) is 32.6 Å². The van der Waals surface area contributed by atoms with Crippen LogP contribution in [0.15, 0.2) is 36.4 Å². The van der Waals surface area contributed by atoms with Crippen LogP contribution in [0.2, 0.25) is 15.1 Å². The molecule has 1 N–H and O–H groups in total. The van der Waals surface area contributed by atoms with Crippen molar-refractivity contribution in [3.8, 4) is 0 Å². The number of carbonyl (C=O) groups is 2. The third-order valence-electron chi connectivity index (χ3n) is 5.16. The molecule has 7 nitrogen and oxygen atoms in total. The summed E-state index contributed by atoms with van der Waals surface area (Å²) < 4.78 is 65.8. The SMILES string of the molecule is CC(C)NC(=O)[C@H](C)N(Cc1ccc(Cl)c(Cl)c1)C(=O)CN(c1ccc(Cl)c(C(F)(F)F)c1)S(C)(=O)=O. The topological polar surface area (TPSA) is 86.8 Å². The van der Waals surface area contributed by atoms with Crippen molar-refractivity contribution in [2.75, 3.05) is 17.1 Å². The van der Waals surface area contributed by atoms with Gasteiger partial charge in [-0.05, 0) is 56.7 Å². The summed E-state index contributed by atoms with van der Waals surface area (Å²) in [6.07, 6.45) is -4.11. The van der Waals surface area contributed by atoms with Crippen LogP contribution in [0.1, 0.15) is 31.9 Å². The highest BCUT2D eigenvalue weighted by molar-refractivity contribution is 7.92. The normalized spacial score (nSPS) is 12.8. The second kappa shape index (κ2) is 12.1. The molecule has 2 aromatic rings. The predicted molar refractivity (Wildman–Crippen MR) is 138 cm³/mol. The minimum Gasteiger partial charge on any atom is -0.352 e. The Morgan fingerprint density at radius 1 is 0.973 bits per heavy atom. The smallest absolute Gasteiger partial charge is 0.352 e. The van der Waals surface area contributed by atoms with Crippen LogP contribution in [0.4, 0.5) is 18.9 Å². The van der Waals surface area contributed by atoms with Gasteiger partial charge in [0.25, 0.3) is 0 Å². The summed E-state index contributed by atoms with van der Waals surface area (Å²) in [5.74, 6) is -1.36. The Kier molecular flexibility index (Phi) is 10.1. The number of nitrogens with zero attached hydrogens (tertiary/aromatic N) is 2. The molecule has 0 saturated carbocycles. The largest absolute Gasteiger partial charge is 0.417 e. The van der Waals surface area contributed by atoms with Gasteiger partial charge in [0.2, 0.25) is 21.8 Å². The van der Waals surface area contributed by atoms with Crippen LogP contribution < -0.4 is 9.62 Å². The van der Waals surface area contributed by atoms with Gasteiger partial charge in [-0.15, -0.1) is 0 Å². The van der Waals surface area contributed by atoms with Crippen LogP contribution in [0.5, 0.6) is 0 Å². The molecule has 2 rings (SSSR count). The lowest BCUT2D eigenvalue weighted by Gasteiger charge is -2.32. The Balaban J connectivity index is 2.50. The second-order valence-corrected chi connectivity index (χ2v) is 11.7. The molecule has 0 heterocycles. The fraction of sp³-hybridized carbons (Fsp3) is 0.391. The molecular formula is C23H25Cl3F3N3O4S. The van der Waals surface area contributed by atoms with Crippen molar-refractivity contribution in [2.45, 2.75) is 45.6 Å². The number of anilines is 1. The summed E-state index contributed by atoms with van der Waals surface area (Å²) in [7, 11) is -4.24. The summed E-state index contributed by atoms with van der Waals surface area (Å²) in [5.41, 5.74) is -1.19. The molecule has 0 aromatic heterocycles. The van der Waals surface area contributed by atoms with Crippen molar-refractivity contribution in [1.82, 2.24) is 10.2 Å². The van der Waals surface area contributed by atoms with Crippen molar-refractivity contribution < 1.29 is 31.2 Å². The molecule has 0 radical (unpaired) electrons. The van der Waals surface area contributed by atoms with E-state index in [-0.39, 0.29) is 22.6 Å². The number of sulfonamides is 1. The van der Waals surface area contributed by atoms with Crippen LogP contribution in [-0.4, -0.2) is 50.0 Å². The van der Waals surface area contributed by atoms with Crippen molar-refractivity contribution in [1.29, 1.82) is 0 Å². The highest BCUT2D eigenvalue weighted by Crippen LogP contribution is 2.37. The van der Waals surface area contributed by atoms with Crippen LogP contribution in [0.25, 0.3) is 0 Å². The average molecular weight is 603 g/mol. The molecule has 2 amide bonds. The number of halogens is 6. The number of benzene rings is 2. The van der Waals surface area contributed by atoms with Gasteiger partial charge in [-0.3, -0.25) is 13.9 Å². The summed E-state index contributed by atoms with van der Waals surface area (Å²) >= 11 is 17.7. The molecule has 0 fully saturated rings. The van der Waals surface area contributed by atoms with Gasteiger partial charge in [0, 0.05) is 12.6 Å². The van der Waals surface area contributed by atoms with Crippen LogP contribution in [-0.2, 0) is 32.3 Å². The van der Waals surface area contributed by atoms with E-state index < -0.39 is 56.9 Å². The van der Waals surface area contributed by atoms with Gasteiger partial charge >= 0.3 is 6.18 Å². The molecule has 14 heteroatoms. The quantitative estimate of drug-likeness (QED) is 0.418. The Bertz CT molecular complexity index is 1270. The fourth-order valence-electron chi connectivity index (χ4n) is 3.32. The zero-order valence-corrected chi connectivity index (χ0v) is 23.3. The Morgan fingerprint density at radius 2 is 1.57 bits per heavy atom. The Labute approximate surface area is 228 Å². The van der Waals surface area contributed by atoms with Crippen LogP contribution >= 0.6 is 34.8 Å². The highest BCUT2D eigenvalue weighted by atomic mass is 35.5. The standard InChI is InChI=1S/C23H25Cl3F3N3O4S/c1-13(2)30-22(34)14(3)31(11-15-5-7-19(25)20(26)9-15)21(33)12-32(37(4,35)36)16-6-8-18(24)17(10-16)23(27,28)29/h5-10,13-14H,11-12H2,1-4H3,(H,30,34)/t14-/m0/s1. The van der Waals surface area contributed by atoms with E-state index in [1.54, 1.807) is 19.9 Å². The van der Waals surface area contributed by atoms with Crippen LogP contribution in [0.3, 0.4) is 0 Å². The highest BCUT2D eigenvalue weighted by Gasteiger charge is 2.35. The lowest BCUT2D eigenvalue weighted by molar-refractivity contribution is -0.139. The summed E-state index contributed by atoms with van der Waals surface area (Å²) in [4.78, 5) is 27.3. The molecule has 0 aliphatic rings. The minimum absolute atomic E-state index is 0.158. The third kappa shape index (κ3) is 8.39. The first kappa shape index (κ1) is 31.0. The second-order valence-electron chi connectivity index (χ2n) is 8.54. The van der Waals surface area contributed by atoms with E-state index in [4.69, 9.17) is 34.8 Å². The Hall–Kier alpha value is -2.21. The monoisotopic (exact) mass is 601 g/mol. The van der Waals surface area contributed by atoms with Crippen molar-refractivity contribution >= 4 is 62.3 Å². The average Bonchev–Trinajstić information content (AvgIpc) is 2.76. The van der Waals surface area contributed by atoms with E-state index >= 15 is 0 Å². The molecular weight excluding hydrogens is 578 g/mol. The molecule has 0 spiro atoms. The number of rotatable bonds is 9. The van der Waals surface area contributed by atoms with Crippen molar-refractivity contribution in [2.24, 2.45) is 0 Å². The first-order valence-corrected chi connectivity index (χ1v) is 13.8. The lowest BCUT2D eigenvalue weighted by atomic mass is 10.1. The van der Waals surface area contributed by atoms with E-state index in [0.29, 0.717) is 15.9 Å². The van der Waals surface area contributed by atoms with Gasteiger partial charge < -0.3 is 10.2 Å². The first-order chi connectivity index (χ1) is 16.9. The maximum Gasteiger partial charge on any atom is 0.417 e. The van der Waals surface area contributed by atoms with Gasteiger partial charge in [-0.25, -0.2) is 8.42 Å². The number of amides is 2. The van der Waals surface area contributed by atoms with Gasteiger partial charge in [-0.2, -0.15) is 13.2 Å². The number of hydrogen-bond acceptors (Lipinski definition) is 4. The minimum atomic E-state index is -4.86. The Morgan fingerprint density at radius 3 is 2.08 bits per heavy atom. The van der Waals surface area contributed by atoms with E-state index in [2.05, 4.69) is 5.32 Å². The van der Waals surface area contributed by atoms with Gasteiger partial charge in [-0.1, -0.05) is 40.9 Å². The summed E-state index contributed by atoms with van der Waals surface area (Å²) in [6.45, 7) is 3.86. The molecule has 0 aliphatic heterocycles. The third-order valence-corrected chi connectivity index (χ3v) is 7.37. The van der Waals surface area contributed by atoms with Gasteiger partial charge in [0.1, 0.15) is 12.6 Å². The van der Waals surface area contributed by atoms with Crippen molar-refractivity contribution in [3.63, 3.8) is 0 Å². The first-order valence-electron chi connectivity index (χ1n) is 10.8. The summed E-state index contributed by atoms with van der Waals surface area (Å²) in [6, 6.07) is 5.75. The van der Waals surface area contributed by atoms with Crippen LogP contribution in [0, 0.1) is 0 Å². The number of alkyl halides is 3.